The van der Waals surface area contributed by atoms with Crippen molar-refractivity contribution < 1.29 is 22.8 Å². The van der Waals surface area contributed by atoms with E-state index in [0.717, 1.165) is 18.6 Å². The zero-order valence-electron chi connectivity index (χ0n) is 20.2. The molecule has 2 aromatic carbocycles. The molecule has 0 radical (unpaired) electrons. The number of hydrogen-bond acceptors (Lipinski definition) is 4. The number of rotatable bonds is 10. The Hall–Kier alpha value is -3.75. The summed E-state index contributed by atoms with van der Waals surface area (Å²) in [7, 11) is 0. The van der Waals surface area contributed by atoms with Gasteiger partial charge >= 0.3 is 0 Å². The Bertz CT molecular complexity index is 1200. The monoisotopic (exact) mass is 498 g/mol. The lowest BCUT2D eigenvalue weighted by atomic mass is 9.90. The van der Waals surface area contributed by atoms with Crippen molar-refractivity contribution in [2.75, 3.05) is 13.1 Å². The highest BCUT2D eigenvalue weighted by molar-refractivity contribution is 6.27. The van der Waals surface area contributed by atoms with Crippen LogP contribution in [0.5, 0.6) is 0 Å². The first-order valence-corrected chi connectivity index (χ1v) is 11.8. The van der Waals surface area contributed by atoms with E-state index in [0.29, 0.717) is 35.5 Å². The van der Waals surface area contributed by atoms with Crippen LogP contribution in [0.25, 0.3) is 5.57 Å². The molecule has 1 aliphatic heterocycles. The van der Waals surface area contributed by atoms with Crippen molar-refractivity contribution in [3.05, 3.63) is 76.6 Å². The molecule has 3 rings (SSSR count). The van der Waals surface area contributed by atoms with E-state index >= 15 is 0 Å². The molecule has 0 fully saturated rings. The summed E-state index contributed by atoms with van der Waals surface area (Å²) in [6.07, 6.45) is 4.53. The predicted molar refractivity (Wildman–Crippen MR) is 135 cm³/mol. The van der Waals surface area contributed by atoms with Gasteiger partial charge in [-0.25, -0.2) is 13.2 Å². The number of carbonyl (C=O) groups is 2. The van der Waals surface area contributed by atoms with Crippen LogP contribution < -0.4 is 11.1 Å². The lowest BCUT2D eigenvalue weighted by molar-refractivity contribution is -0.121. The van der Waals surface area contributed by atoms with Crippen LogP contribution in [-0.2, 0) is 11.2 Å². The number of nitrogens with two attached hydrogens (primary N) is 1. The molecule has 0 saturated heterocycles. The molecule has 9 heteroatoms. The molecule has 6 nitrogen and oxygen atoms in total. The maximum absolute atomic E-state index is 14.1. The maximum atomic E-state index is 14.1. The number of benzene rings is 2. The highest BCUT2D eigenvalue weighted by Crippen LogP contribution is 2.24. The van der Waals surface area contributed by atoms with E-state index in [1.165, 1.54) is 24.3 Å². The normalized spacial score (nSPS) is 16.8. The van der Waals surface area contributed by atoms with Gasteiger partial charge in [-0.15, -0.1) is 0 Å². The number of hydrogen-bond donors (Lipinski definition) is 2. The van der Waals surface area contributed by atoms with Gasteiger partial charge in [-0.05, 0) is 62.1 Å². The van der Waals surface area contributed by atoms with Crippen molar-refractivity contribution in [3.63, 3.8) is 0 Å². The minimum atomic E-state index is -0.919. The van der Waals surface area contributed by atoms with E-state index in [-0.39, 0.29) is 30.2 Å². The molecule has 1 heterocycles. The van der Waals surface area contributed by atoms with Crippen LogP contribution in [0.15, 0.2) is 52.5 Å². The largest absolute Gasteiger partial charge is 0.366 e. The molecule has 0 aromatic heterocycles. The molecular formula is C27H29F3N4O2. The molecule has 1 aliphatic rings. The summed E-state index contributed by atoms with van der Waals surface area (Å²) in [4.78, 5) is 33.5. The lowest BCUT2D eigenvalue weighted by Crippen LogP contribution is -2.43. The highest BCUT2D eigenvalue weighted by Gasteiger charge is 2.26. The molecule has 3 N–H and O–H groups in total. The van der Waals surface area contributed by atoms with Crippen LogP contribution in [0.2, 0.25) is 0 Å². The second-order valence-electron chi connectivity index (χ2n) is 8.53. The standard InChI is InChI=1S/C27H29F3N4O2/c1-3-21(18-5-6-23(30)22(13-18)27(31)36)26(33-4-2)24(11-17-9-19(28)14-20(29)10-17)34-25(35)12-16-7-8-32-15-16/h3,5-6,9-10,13-16,24H,4,7-8,11-12H2,1-2H3,(H2,31,36)(H,34,35). The molecule has 0 bridgehead atoms. The molecule has 0 aliphatic carbocycles. The number of amides is 2. The summed E-state index contributed by atoms with van der Waals surface area (Å²) >= 11 is 0. The Kier molecular flexibility index (Phi) is 9.16. The van der Waals surface area contributed by atoms with Crippen molar-refractivity contribution in [3.8, 4) is 0 Å². The third-order valence-corrected chi connectivity index (χ3v) is 5.86. The Morgan fingerprint density at radius 2 is 1.92 bits per heavy atom. The third kappa shape index (κ3) is 6.90. The van der Waals surface area contributed by atoms with Gasteiger partial charge in [-0.1, -0.05) is 12.1 Å². The predicted octanol–water partition coefficient (Wildman–Crippen LogP) is 4.28. The molecule has 2 aromatic rings. The van der Waals surface area contributed by atoms with E-state index in [1.807, 2.05) is 6.92 Å². The number of primary amides is 1. The quantitative estimate of drug-likeness (QED) is 0.479. The number of nitrogens with zero attached hydrogens (tertiary/aromatic N) is 2. The fourth-order valence-electron chi connectivity index (χ4n) is 4.26. The molecule has 36 heavy (non-hydrogen) atoms. The molecule has 2 atom stereocenters. The highest BCUT2D eigenvalue weighted by atomic mass is 19.1. The Balaban J connectivity index is 2.02. The summed E-state index contributed by atoms with van der Waals surface area (Å²) in [5, 5.41) is 2.97. The summed E-state index contributed by atoms with van der Waals surface area (Å²) in [6, 6.07) is 6.37. The van der Waals surface area contributed by atoms with Crippen LogP contribution in [-0.4, -0.2) is 42.9 Å². The van der Waals surface area contributed by atoms with Crippen molar-refractivity contribution in [1.29, 1.82) is 0 Å². The SMILES string of the molecule is CC=C(C(=NCC)C(Cc1cc(F)cc(F)c1)NC(=O)CC1C=NCC1)c1ccc(F)c(C(N)=O)c1. The number of allylic oxidation sites excluding steroid dienone is 1. The van der Waals surface area contributed by atoms with Crippen molar-refractivity contribution >= 4 is 29.3 Å². The fourth-order valence-corrected chi connectivity index (χ4v) is 4.26. The summed E-state index contributed by atoms with van der Waals surface area (Å²) in [6.45, 7) is 4.56. The summed E-state index contributed by atoms with van der Waals surface area (Å²) in [5.74, 6) is -3.39. The zero-order chi connectivity index (χ0) is 26.2. The van der Waals surface area contributed by atoms with Gasteiger partial charge in [0.25, 0.3) is 5.91 Å². The van der Waals surface area contributed by atoms with Gasteiger partial charge in [0.1, 0.15) is 17.5 Å². The van der Waals surface area contributed by atoms with Gasteiger partial charge in [0, 0.05) is 43.3 Å². The zero-order valence-corrected chi connectivity index (χ0v) is 20.2. The van der Waals surface area contributed by atoms with Crippen LogP contribution in [0.4, 0.5) is 13.2 Å². The topological polar surface area (TPSA) is 96.9 Å². The Labute approximate surface area is 208 Å². The van der Waals surface area contributed by atoms with Gasteiger partial charge in [0.05, 0.1) is 17.3 Å². The minimum Gasteiger partial charge on any atom is -0.366 e. The molecule has 2 unspecified atom stereocenters. The van der Waals surface area contributed by atoms with Crippen LogP contribution in [0.1, 0.15) is 48.2 Å². The van der Waals surface area contributed by atoms with Crippen LogP contribution in [0.3, 0.4) is 0 Å². The maximum Gasteiger partial charge on any atom is 0.251 e. The number of halogens is 3. The first kappa shape index (κ1) is 26.8. The van der Waals surface area contributed by atoms with Crippen LogP contribution >= 0.6 is 0 Å². The van der Waals surface area contributed by atoms with Gasteiger partial charge in [-0.2, -0.15) is 0 Å². The van der Waals surface area contributed by atoms with Crippen molar-refractivity contribution in [2.24, 2.45) is 21.6 Å². The van der Waals surface area contributed by atoms with E-state index < -0.39 is 29.4 Å². The molecular weight excluding hydrogens is 469 g/mol. The van der Waals surface area contributed by atoms with E-state index in [4.69, 9.17) is 5.73 Å². The van der Waals surface area contributed by atoms with Gasteiger partial charge in [0.15, 0.2) is 0 Å². The van der Waals surface area contributed by atoms with E-state index in [9.17, 15) is 22.8 Å². The average Bonchev–Trinajstić information content (AvgIpc) is 3.31. The number of nitrogens with one attached hydrogen (secondary N) is 1. The number of carbonyl (C=O) groups excluding carboxylic acids is 2. The van der Waals surface area contributed by atoms with Gasteiger partial charge in [-0.3, -0.25) is 19.6 Å². The Morgan fingerprint density at radius 3 is 2.50 bits per heavy atom. The molecule has 190 valence electrons. The molecule has 0 saturated carbocycles. The molecule has 2 amide bonds. The summed E-state index contributed by atoms with van der Waals surface area (Å²) in [5.41, 5.74) is 6.80. The minimum absolute atomic E-state index is 0.0141. The first-order chi connectivity index (χ1) is 17.2. The van der Waals surface area contributed by atoms with Crippen LogP contribution in [0, 0.1) is 23.4 Å². The Morgan fingerprint density at radius 1 is 1.19 bits per heavy atom. The second-order valence-corrected chi connectivity index (χ2v) is 8.53. The smallest absolute Gasteiger partial charge is 0.251 e. The van der Waals surface area contributed by atoms with Gasteiger partial charge < -0.3 is 11.1 Å². The van der Waals surface area contributed by atoms with Gasteiger partial charge in [0.2, 0.25) is 5.91 Å². The average molecular weight is 499 g/mol. The van der Waals surface area contributed by atoms with Crippen molar-refractivity contribution in [1.82, 2.24) is 5.32 Å². The first-order valence-electron chi connectivity index (χ1n) is 11.8. The van der Waals surface area contributed by atoms with E-state index in [1.54, 1.807) is 19.2 Å². The second kappa shape index (κ2) is 12.3. The lowest BCUT2D eigenvalue weighted by Gasteiger charge is -2.24. The van der Waals surface area contributed by atoms with E-state index in [2.05, 4.69) is 15.3 Å². The number of aliphatic imine (C=N–C) groups is 2. The summed E-state index contributed by atoms with van der Waals surface area (Å²) < 4.78 is 42.0. The molecule has 0 spiro atoms. The van der Waals surface area contributed by atoms with Crippen molar-refractivity contribution in [2.45, 2.75) is 39.2 Å². The third-order valence-electron chi connectivity index (χ3n) is 5.86. The fraction of sp³-hybridized carbons (Fsp3) is 0.333.